The molecule has 0 aliphatic carbocycles. The SMILES string of the molecule is CC1SCC(C(=O)c2cnnn2C)SC1C. The lowest BCUT2D eigenvalue weighted by Crippen LogP contribution is -2.32. The molecule has 2 heterocycles. The van der Waals surface area contributed by atoms with Crippen LogP contribution >= 0.6 is 23.5 Å². The van der Waals surface area contributed by atoms with Crippen LogP contribution in [-0.2, 0) is 7.05 Å². The van der Waals surface area contributed by atoms with Gasteiger partial charge >= 0.3 is 0 Å². The van der Waals surface area contributed by atoms with Gasteiger partial charge in [0.15, 0.2) is 5.78 Å². The lowest BCUT2D eigenvalue weighted by molar-refractivity contribution is 0.0986. The monoisotopic (exact) mass is 257 g/mol. The highest BCUT2D eigenvalue weighted by Crippen LogP contribution is 2.36. The maximum Gasteiger partial charge on any atom is 0.196 e. The summed E-state index contributed by atoms with van der Waals surface area (Å²) in [5.74, 6) is 1.05. The summed E-state index contributed by atoms with van der Waals surface area (Å²) in [6, 6.07) is 0. The molecule has 0 saturated carbocycles. The lowest BCUT2D eigenvalue weighted by atomic mass is 10.2. The molecule has 0 bridgehead atoms. The predicted octanol–water partition coefficient (Wildman–Crippen LogP) is 1.62. The van der Waals surface area contributed by atoms with E-state index in [2.05, 4.69) is 24.2 Å². The molecular weight excluding hydrogens is 242 g/mol. The molecule has 2 rings (SSSR count). The molecule has 0 radical (unpaired) electrons. The molecule has 1 saturated heterocycles. The maximum atomic E-state index is 12.2. The van der Waals surface area contributed by atoms with Gasteiger partial charge in [0, 0.05) is 23.3 Å². The molecule has 0 aromatic carbocycles. The van der Waals surface area contributed by atoms with E-state index in [4.69, 9.17) is 0 Å². The minimum atomic E-state index is 0.0494. The standard InChI is InChI=1S/C10H15N3OS2/c1-6-7(2)16-9(5-15-6)10(14)8-4-11-12-13(8)3/h4,6-7,9H,5H2,1-3H3. The van der Waals surface area contributed by atoms with Crippen molar-refractivity contribution in [2.45, 2.75) is 29.6 Å². The summed E-state index contributed by atoms with van der Waals surface area (Å²) in [6.45, 7) is 4.40. The van der Waals surface area contributed by atoms with E-state index >= 15 is 0 Å². The van der Waals surface area contributed by atoms with Crippen LogP contribution < -0.4 is 0 Å². The molecule has 16 heavy (non-hydrogen) atoms. The van der Waals surface area contributed by atoms with Crippen molar-refractivity contribution in [1.29, 1.82) is 0 Å². The van der Waals surface area contributed by atoms with Gasteiger partial charge in [0.25, 0.3) is 0 Å². The van der Waals surface area contributed by atoms with Crippen molar-refractivity contribution in [1.82, 2.24) is 15.0 Å². The number of rotatable bonds is 2. The predicted molar refractivity (Wildman–Crippen MR) is 68.1 cm³/mol. The Kier molecular flexibility index (Phi) is 3.59. The van der Waals surface area contributed by atoms with Crippen LogP contribution in [0.4, 0.5) is 0 Å². The molecule has 0 N–H and O–H groups in total. The van der Waals surface area contributed by atoms with Crippen molar-refractivity contribution in [3.8, 4) is 0 Å². The van der Waals surface area contributed by atoms with Crippen molar-refractivity contribution < 1.29 is 4.79 Å². The van der Waals surface area contributed by atoms with E-state index in [1.54, 1.807) is 29.7 Å². The highest BCUT2D eigenvalue weighted by Gasteiger charge is 2.32. The summed E-state index contributed by atoms with van der Waals surface area (Å²) < 4.78 is 1.55. The van der Waals surface area contributed by atoms with Gasteiger partial charge in [-0.1, -0.05) is 19.1 Å². The molecule has 0 amide bonds. The number of carbonyl (C=O) groups excluding carboxylic acids is 1. The molecule has 0 spiro atoms. The normalized spacial score (nSPS) is 30.3. The van der Waals surface area contributed by atoms with E-state index < -0.39 is 0 Å². The second kappa shape index (κ2) is 4.79. The number of ketones is 1. The molecule has 3 unspecified atom stereocenters. The molecule has 1 aliphatic rings. The number of Topliss-reactive ketones (excluding diaryl/α,β-unsaturated/α-hetero) is 1. The van der Waals surface area contributed by atoms with Gasteiger partial charge in [-0.05, 0) is 0 Å². The number of aryl methyl sites for hydroxylation is 1. The molecule has 6 heteroatoms. The minimum absolute atomic E-state index is 0.0494. The fraction of sp³-hybridized carbons (Fsp3) is 0.700. The summed E-state index contributed by atoms with van der Waals surface area (Å²) in [5.41, 5.74) is 0.611. The van der Waals surface area contributed by atoms with Crippen molar-refractivity contribution in [2.24, 2.45) is 7.05 Å². The van der Waals surface area contributed by atoms with Gasteiger partial charge in [-0.25, -0.2) is 4.68 Å². The molecule has 1 aromatic heterocycles. The lowest BCUT2D eigenvalue weighted by Gasteiger charge is -2.30. The van der Waals surface area contributed by atoms with E-state index in [-0.39, 0.29) is 11.0 Å². The number of hydrogen-bond donors (Lipinski definition) is 0. The Balaban J connectivity index is 2.09. The first kappa shape index (κ1) is 12.0. The minimum Gasteiger partial charge on any atom is -0.291 e. The third-order valence-corrected chi connectivity index (χ3v) is 6.20. The van der Waals surface area contributed by atoms with Crippen LogP contribution in [0.15, 0.2) is 6.20 Å². The van der Waals surface area contributed by atoms with Crippen molar-refractivity contribution in [3.63, 3.8) is 0 Å². The average molecular weight is 257 g/mol. The maximum absolute atomic E-state index is 12.2. The second-order valence-electron chi connectivity index (χ2n) is 3.98. The van der Waals surface area contributed by atoms with Gasteiger partial charge in [0.1, 0.15) is 5.69 Å². The van der Waals surface area contributed by atoms with E-state index in [1.807, 2.05) is 11.8 Å². The Morgan fingerprint density at radius 1 is 1.50 bits per heavy atom. The van der Waals surface area contributed by atoms with E-state index in [9.17, 15) is 4.79 Å². The Morgan fingerprint density at radius 2 is 2.25 bits per heavy atom. The van der Waals surface area contributed by atoms with Crippen LogP contribution in [0.1, 0.15) is 24.3 Å². The fourth-order valence-corrected chi connectivity index (χ4v) is 4.46. The van der Waals surface area contributed by atoms with Gasteiger partial charge < -0.3 is 0 Å². The Hall–Kier alpha value is -0.490. The van der Waals surface area contributed by atoms with E-state index in [1.165, 1.54) is 0 Å². The molecular formula is C10H15N3OS2. The summed E-state index contributed by atoms with van der Waals surface area (Å²) in [7, 11) is 1.76. The summed E-state index contributed by atoms with van der Waals surface area (Å²) in [4.78, 5) is 12.2. The third kappa shape index (κ3) is 2.27. The topological polar surface area (TPSA) is 47.8 Å². The van der Waals surface area contributed by atoms with Crippen LogP contribution in [0.25, 0.3) is 0 Å². The van der Waals surface area contributed by atoms with Gasteiger partial charge in [-0.15, -0.1) is 16.9 Å². The molecule has 1 aliphatic heterocycles. The van der Waals surface area contributed by atoms with Crippen LogP contribution in [0.3, 0.4) is 0 Å². The van der Waals surface area contributed by atoms with Gasteiger partial charge in [-0.3, -0.25) is 4.79 Å². The number of hydrogen-bond acceptors (Lipinski definition) is 5. The Labute approximate surface area is 104 Å². The molecule has 4 nitrogen and oxygen atoms in total. The number of carbonyl (C=O) groups is 1. The van der Waals surface area contributed by atoms with Crippen LogP contribution in [0, 0.1) is 0 Å². The Morgan fingerprint density at radius 3 is 2.81 bits per heavy atom. The summed E-state index contributed by atoms with van der Waals surface area (Å²) in [6.07, 6.45) is 1.55. The quantitative estimate of drug-likeness (QED) is 0.754. The summed E-state index contributed by atoms with van der Waals surface area (Å²) >= 11 is 3.64. The van der Waals surface area contributed by atoms with Crippen molar-refractivity contribution in [2.75, 3.05) is 5.75 Å². The van der Waals surface area contributed by atoms with E-state index in [0.29, 0.717) is 16.2 Å². The summed E-state index contributed by atoms with van der Waals surface area (Å²) in [5, 5.41) is 8.74. The third-order valence-electron chi connectivity index (χ3n) is 2.81. The van der Waals surface area contributed by atoms with Crippen molar-refractivity contribution >= 4 is 29.3 Å². The largest absolute Gasteiger partial charge is 0.291 e. The zero-order valence-electron chi connectivity index (χ0n) is 9.58. The number of nitrogens with zero attached hydrogens (tertiary/aromatic N) is 3. The molecule has 3 atom stereocenters. The van der Waals surface area contributed by atoms with Crippen LogP contribution in [-0.4, -0.2) is 42.3 Å². The number of thioether (sulfide) groups is 2. The van der Waals surface area contributed by atoms with Gasteiger partial charge in [0.2, 0.25) is 0 Å². The number of aromatic nitrogens is 3. The van der Waals surface area contributed by atoms with Crippen LogP contribution in [0.5, 0.6) is 0 Å². The first-order chi connectivity index (χ1) is 7.59. The highest BCUT2D eigenvalue weighted by molar-refractivity contribution is 8.08. The smallest absolute Gasteiger partial charge is 0.196 e. The van der Waals surface area contributed by atoms with Gasteiger partial charge in [0.05, 0.1) is 11.4 Å². The first-order valence-electron chi connectivity index (χ1n) is 5.25. The second-order valence-corrected chi connectivity index (χ2v) is 6.97. The van der Waals surface area contributed by atoms with Crippen LogP contribution in [0.2, 0.25) is 0 Å². The highest BCUT2D eigenvalue weighted by atomic mass is 32.2. The first-order valence-corrected chi connectivity index (χ1v) is 7.24. The average Bonchev–Trinajstić information content (AvgIpc) is 2.67. The fourth-order valence-electron chi connectivity index (χ4n) is 1.60. The van der Waals surface area contributed by atoms with Gasteiger partial charge in [-0.2, -0.15) is 11.8 Å². The zero-order chi connectivity index (χ0) is 11.7. The molecule has 88 valence electrons. The molecule has 1 aromatic rings. The van der Waals surface area contributed by atoms with Crippen molar-refractivity contribution in [3.05, 3.63) is 11.9 Å². The van der Waals surface area contributed by atoms with E-state index in [0.717, 1.165) is 5.75 Å². The molecule has 1 fully saturated rings. The Bertz CT molecular complexity index is 393. The zero-order valence-corrected chi connectivity index (χ0v) is 11.2.